The van der Waals surface area contributed by atoms with E-state index in [1.165, 1.54) is 11.1 Å². The molecule has 17 heavy (non-hydrogen) atoms. The second-order valence-corrected chi connectivity index (χ2v) is 4.60. The standard InChI is InChI=1S/C15H22N2/c1-3-10-17-11-9-16-12-15(17)14-7-5-13(4-2)6-8-14/h3,5-8,15-16H,1,4,9-12H2,2H3. The Kier molecular flexibility index (Phi) is 4.35. The number of rotatable bonds is 4. The summed E-state index contributed by atoms with van der Waals surface area (Å²) >= 11 is 0. The van der Waals surface area contributed by atoms with Crippen molar-refractivity contribution in [3.05, 3.63) is 48.0 Å². The van der Waals surface area contributed by atoms with E-state index in [-0.39, 0.29) is 0 Å². The summed E-state index contributed by atoms with van der Waals surface area (Å²) in [6.45, 7) is 10.2. The predicted molar refractivity (Wildman–Crippen MR) is 73.2 cm³/mol. The summed E-state index contributed by atoms with van der Waals surface area (Å²) in [6.07, 6.45) is 3.11. The van der Waals surface area contributed by atoms with Crippen molar-refractivity contribution in [2.75, 3.05) is 26.2 Å². The highest BCUT2D eigenvalue weighted by atomic mass is 15.2. The van der Waals surface area contributed by atoms with Gasteiger partial charge in [0.1, 0.15) is 0 Å². The van der Waals surface area contributed by atoms with Gasteiger partial charge in [0.15, 0.2) is 0 Å². The van der Waals surface area contributed by atoms with E-state index in [9.17, 15) is 0 Å². The third-order valence-corrected chi connectivity index (χ3v) is 3.49. The second kappa shape index (κ2) is 5.99. The average molecular weight is 230 g/mol. The maximum atomic E-state index is 3.85. The Morgan fingerprint density at radius 2 is 2.18 bits per heavy atom. The summed E-state index contributed by atoms with van der Waals surface area (Å²) in [4.78, 5) is 2.49. The minimum Gasteiger partial charge on any atom is -0.314 e. The van der Waals surface area contributed by atoms with E-state index in [2.05, 4.69) is 48.0 Å². The van der Waals surface area contributed by atoms with Crippen molar-refractivity contribution in [2.24, 2.45) is 0 Å². The number of hydrogen-bond donors (Lipinski definition) is 1. The fraction of sp³-hybridized carbons (Fsp3) is 0.467. The smallest absolute Gasteiger partial charge is 0.0476 e. The number of benzene rings is 1. The zero-order chi connectivity index (χ0) is 12.1. The van der Waals surface area contributed by atoms with E-state index in [0.717, 1.165) is 32.6 Å². The van der Waals surface area contributed by atoms with Crippen molar-refractivity contribution in [1.29, 1.82) is 0 Å². The Hall–Kier alpha value is -1.12. The van der Waals surface area contributed by atoms with Gasteiger partial charge in [0, 0.05) is 32.2 Å². The minimum atomic E-state index is 0.493. The van der Waals surface area contributed by atoms with Crippen molar-refractivity contribution in [3.8, 4) is 0 Å². The number of nitrogens with one attached hydrogen (secondary N) is 1. The van der Waals surface area contributed by atoms with Crippen LogP contribution in [-0.2, 0) is 6.42 Å². The van der Waals surface area contributed by atoms with Crippen molar-refractivity contribution in [3.63, 3.8) is 0 Å². The van der Waals surface area contributed by atoms with Gasteiger partial charge in [-0.2, -0.15) is 0 Å². The van der Waals surface area contributed by atoms with Gasteiger partial charge in [0.25, 0.3) is 0 Å². The summed E-state index contributed by atoms with van der Waals surface area (Å²) in [7, 11) is 0. The fourth-order valence-electron chi connectivity index (χ4n) is 2.43. The van der Waals surface area contributed by atoms with Crippen molar-refractivity contribution in [2.45, 2.75) is 19.4 Å². The van der Waals surface area contributed by atoms with Crippen molar-refractivity contribution >= 4 is 0 Å². The Bertz CT molecular complexity index is 356. The van der Waals surface area contributed by atoms with Crippen LogP contribution in [0.15, 0.2) is 36.9 Å². The largest absolute Gasteiger partial charge is 0.314 e. The van der Waals surface area contributed by atoms with Crippen LogP contribution < -0.4 is 5.32 Å². The molecule has 0 bridgehead atoms. The van der Waals surface area contributed by atoms with Crippen molar-refractivity contribution < 1.29 is 0 Å². The molecular formula is C15H22N2. The fourth-order valence-corrected chi connectivity index (χ4v) is 2.43. The number of hydrogen-bond acceptors (Lipinski definition) is 2. The monoisotopic (exact) mass is 230 g/mol. The average Bonchev–Trinajstić information content (AvgIpc) is 2.40. The lowest BCUT2D eigenvalue weighted by atomic mass is 10.0. The quantitative estimate of drug-likeness (QED) is 0.799. The molecule has 1 saturated heterocycles. The van der Waals surface area contributed by atoms with Gasteiger partial charge in [0.2, 0.25) is 0 Å². The summed E-state index contributed by atoms with van der Waals surface area (Å²) in [6, 6.07) is 9.53. The Labute approximate surface area is 104 Å². The van der Waals surface area contributed by atoms with Crippen LogP contribution in [0.4, 0.5) is 0 Å². The highest BCUT2D eigenvalue weighted by Gasteiger charge is 2.22. The molecule has 1 atom stereocenters. The first-order chi connectivity index (χ1) is 8.35. The predicted octanol–water partition coefficient (Wildman–Crippen LogP) is 2.38. The molecule has 1 aromatic carbocycles. The lowest BCUT2D eigenvalue weighted by Crippen LogP contribution is -2.45. The molecule has 1 N–H and O–H groups in total. The van der Waals surface area contributed by atoms with Crippen LogP contribution in [0.2, 0.25) is 0 Å². The van der Waals surface area contributed by atoms with Crippen LogP contribution in [0, 0.1) is 0 Å². The lowest BCUT2D eigenvalue weighted by Gasteiger charge is -2.35. The van der Waals surface area contributed by atoms with E-state index >= 15 is 0 Å². The first kappa shape index (κ1) is 12.3. The van der Waals surface area contributed by atoms with Gasteiger partial charge in [-0.25, -0.2) is 0 Å². The number of aryl methyl sites for hydroxylation is 1. The lowest BCUT2D eigenvalue weighted by molar-refractivity contribution is 0.180. The molecule has 0 aromatic heterocycles. The molecule has 1 fully saturated rings. The molecule has 1 aliphatic rings. The van der Waals surface area contributed by atoms with Gasteiger partial charge in [-0.05, 0) is 17.5 Å². The second-order valence-electron chi connectivity index (χ2n) is 4.60. The van der Waals surface area contributed by atoms with E-state index < -0.39 is 0 Å². The molecule has 92 valence electrons. The zero-order valence-corrected chi connectivity index (χ0v) is 10.7. The topological polar surface area (TPSA) is 15.3 Å². The highest BCUT2D eigenvalue weighted by molar-refractivity contribution is 5.26. The van der Waals surface area contributed by atoms with Crippen LogP contribution >= 0.6 is 0 Å². The molecule has 0 aliphatic carbocycles. The molecular weight excluding hydrogens is 208 g/mol. The number of nitrogens with zero attached hydrogens (tertiary/aromatic N) is 1. The van der Waals surface area contributed by atoms with Crippen LogP contribution in [0.1, 0.15) is 24.1 Å². The van der Waals surface area contributed by atoms with Gasteiger partial charge >= 0.3 is 0 Å². The van der Waals surface area contributed by atoms with E-state index in [1.807, 2.05) is 6.08 Å². The Morgan fingerprint density at radius 1 is 1.41 bits per heavy atom. The summed E-state index contributed by atoms with van der Waals surface area (Å²) in [5, 5.41) is 3.47. The molecule has 1 aromatic rings. The zero-order valence-electron chi connectivity index (χ0n) is 10.7. The molecule has 0 radical (unpaired) electrons. The molecule has 1 heterocycles. The Morgan fingerprint density at radius 3 is 2.82 bits per heavy atom. The van der Waals surface area contributed by atoms with Gasteiger partial charge in [-0.15, -0.1) is 6.58 Å². The van der Waals surface area contributed by atoms with Crippen LogP contribution in [-0.4, -0.2) is 31.1 Å². The minimum absolute atomic E-state index is 0.493. The molecule has 2 heteroatoms. The van der Waals surface area contributed by atoms with Crippen LogP contribution in [0.3, 0.4) is 0 Å². The molecule has 0 spiro atoms. The molecule has 1 unspecified atom stereocenters. The highest BCUT2D eigenvalue weighted by Crippen LogP contribution is 2.22. The van der Waals surface area contributed by atoms with Gasteiger partial charge in [0.05, 0.1) is 0 Å². The third-order valence-electron chi connectivity index (χ3n) is 3.49. The number of piperazine rings is 1. The molecule has 1 aliphatic heterocycles. The van der Waals surface area contributed by atoms with E-state index in [0.29, 0.717) is 6.04 Å². The molecule has 2 nitrogen and oxygen atoms in total. The van der Waals surface area contributed by atoms with Crippen molar-refractivity contribution in [1.82, 2.24) is 10.2 Å². The van der Waals surface area contributed by atoms with Crippen LogP contribution in [0.5, 0.6) is 0 Å². The third kappa shape index (κ3) is 2.96. The summed E-state index contributed by atoms with van der Waals surface area (Å²) in [5.41, 5.74) is 2.82. The van der Waals surface area contributed by atoms with Gasteiger partial charge in [-0.1, -0.05) is 37.3 Å². The van der Waals surface area contributed by atoms with E-state index in [4.69, 9.17) is 0 Å². The van der Waals surface area contributed by atoms with Crippen LogP contribution in [0.25, 0.3) is 0 Å². The molecule has 0 amide bonds. The SMILES string of the molecule is C=CCN1CCNCC1c1ccc(CC)cc1. The summed E-state index contributed by atoms with van der Waals surface area (Å²) in [5.74, 6) is 0. The van der Waals surface area contributed by atoms with Gasteiger partial charge in [-0.3, -0.25) is 4.90 Å². The first-order valence-corrected chi connectivity index (χ1v) is 6.49. The maximum Gasteiger partial charge on any atom is 0.0476 e. The first-order valence-electron chi connectivity index (χ1n) is 6.49. The van der Waals surface area contributed by atoms with E-state index in [1.54, 1.807) is 0 Å². The Balaban J connectivity index is 2.14. The molecule has 2 rings (SSSR count). The normalized spacial score (nSPS) is 21.4. The molecule has 0 saturated carbocycles. The summed E-state index contributed by atoms with van der Waals surface area (Å²) < 4.78 is 0. The van der Waals surface area contributed by atoms with Gasteiger partial charge < -0.3 is 5.32 Å². The maximum absolute atomic E-state index is 3.85.